The highest BCUT2D eigenvalue weighted by Crippen LogP contribution is 2.26. The topological polar surface area (TPSA) is 83.7 Å². The number of thiophene rings is 1. The van der Waals surface area contributed by atoms with Crippen LogP contribution < -0.4 is 0 Å². The van der Waals surface area contributed by atoms with Crippen molar-refractivity contribution >= 4 is 22.3 Å². The number of nitrogens with zero attached hydrogens (tertiary/aromatic N) is 2. The van der Waals surface area contributed by atoms with Gasteiger partial charge in [0.05, 0.1) is 11.3 Å². The lowest BCUT2D eigenvalue weighted by molar-refractivity contribution is -0.380. The van der Waals surface area contributed by atoms with Crippen molar-refractivity contribution in [3.05, 3.63) is 27.1 Å². The number of rotatable bonds is 5. The molecule has 1 aliphatic rings. The number of carboxylic acid groups (broad SMARTS) is 1. The van der Waals surface area contributed by atoms with Crippen molar-refractivity contribution in [2.24, 2.45) is 5.92 Å². The molecule has 1 fully saturated rings. The molecule has 0 spiro atoms. The van der Waals surface area contributed by atoms with Crippen LogP contribution in [0.3, 0.4) is 0 Å². The molecule has 1 aliphatic heterocycles. The van der Waals surface area contributed by atoms with E-state index in [1.165, 1.54) is 0 Å². The van der Waals surface area contributed by atoms with Gasteiger partial charge in [0, 0.05) is 31.1 Å². The lowest BCUT2D eigenvalue weighted by Crippen LogP contribution is -2.46. The van der Waals surface area contributed by atoms with Gasteiger partial charge in [0.2, 0.25) is 0 Å². The summed E-state index contributed by atoms with van der Waals surface area (Å²) in [5, 5.41) is 21.0. The average Bonchev–Trinajstić information content (AvgIpc) is 2.62. The van der Waals surface area contributed by atoms with Gasteiger partial charge in [-0.1, -0.05) is 11.3 Å². The van der Waals surface area contributed by atoms with Gasteiger partial charge >= 0.3 is 11.0 Å². The fraction of sp³-hybridized carbons (Fsp3) is 0.500. The van der Waals surface area contributed by atoms with Crippen LogP contribution in [-0.4, -0.2) is 34.0 Å². The first-order chi connectivity index (χ1) is 8.04. The van der Waals surface area contributed by atoms with E-state index in [9.17, 15) is 14.9 Å². The quantitative estimate of drug-likeness (QED) is 0.638. The highest BCUT2D eigenvalue weighted by Gasteiger charge is 2.28. The van der Waals surface area contributed by atoms with E-state index in [4.69, 9.17) is 5.11 Å². The zero-order valence-electron chi connectivity index (χ0n) is 9.04. The minimum Gasteiger partial charge on any atom is -0.481 e. The summed E-state index contributed by atoms with van der Waals surface area (Å²) >= 11 is 1.13. The zero-order valence-corrected chi connectivity index (χ0v) is 9.85. The second kappa shape index (κ2) is 4.80. The molecule has 17 heavy (non-hydrogen) atoms. The predicted molar refractivity (Wildman–Crippen MR) is 62.0 cm³/mol. The average molecular weight is 256 g/mol. The molecule has 2 heterocycles. The van der Waals surface area contributed by atoms with Crippen molar-refractivity contribution < 1.29 is 14.8 Å². The molecule has 2 rings (SSSR count). The summed E-state index contributed by atoms with van der Waals surface area (Å²) in [5.41, 5.74) is 0.926. The molecule has 6 nitrogen and oxygen atoms in total. The SMILES string of the molecule is O=C(O)CC1CN(Cc2csc([N+](=O)[O-])c2)C1. The molecule has 1 aromatic heterocycles. The molecule has 0 atom stereocenters. The Labute approximate surface area is 102 Å². The molecule has 0 aromatic carbocycles. The van der Waals surface area contributed by atoms with Gasteiger partial charge in [0.25, 0.3) is 0 Å². The summed E-state index contributed by atoms with van der Waals surface area (Å²) in [5.74, 6) is -0.540. The van der Waals surface area contributed by atoms with Gasteiger partial charge in [0.15, 0.2) is 0 Å². The van der Waals surface area contributed by atoms with Crippen LogP contribution in [0.5, 0.6) is 0 Å². The Balaban J connectivity index is 1.79. The van der Waals surface area contributed by atoms with Crippen LogP contribution in [0.15, 0.2) is 11.4 Å². The summed E-state index contributed by atoms with van der Waals surface area (Å²) in [7, 11) is 0. The van der Waals surface area contributed by atoms with Crippen molar-refractivity contribution in [1.29, 1.82) is 0 Å². The highest BCUT2D eigenvalue weighted by atomic mass is 32.1. The number of carboxylic acids is 1. The Bertz CT molecular complexity index is 439. The number of hydrogen-bond acceptors (Lipinski definition) is 5. The Kier molecular flexibility index (Phi) is 3.39. The normalized spacial score (nSPS) is 16.7. The molecule has 0 amide bonds. The van der Waals surface area contributed by atoms with Crippen LogP contribution in [0.4, 0.5) is 5.00 Å². The second-order valence-corrected chi connectivity index (χ2v) is 5.10. The standard InChI is InChI=1S/C10H12N2O4S/c13-10(14)2-7-3-11(4-7)5-8-1-9(12(15)16)17-6-8/h1,6-7H,2-5H2,(H,13,14). The number of nitro groups is 1. The molecular weight excluding hydrogens is 244 g/mol. The molecule has 1 aromatic rings. The lowest BCUT2D eigenvalue weighted by Gasteiger charge is -2.38. The molecule has 0 unspecified atom stereocenters. The van der Waals surface area contributed by atoms with Crippen molar-refractivity contribution in [3.8, 4) is 0 Å². The van der Waals surface area contributed by atoms with Gasteiger partial charge in [-0.05, 0) is 11.5 Å². The monoisotopic (exact) mass is 256 g/mol. The third-order valence-electron chi connectivity index (χ3n) is 2.72. The smallest absolute Gasteiger partial charge is 0.324 e. The van der Waals surface area contributed by atoms with Crippen LogP contribution in [0, 0.1) is 16.0 Å². The molecule has 0 radical (unpaired) electrons. The third kappa shape index (κ3) is 3.01. The van der Waals surface area contributed by atoms with Crippen LogP contribution in [0.25, 0.3) is 0 Å². The molecule has 92 valence electrons. The van der Waals surface area contributed by atoms with Gasteiger partial charge in [-0.2, -0.15) is 0 Å². The zero-order chi connectivity index (χ0) is 12.4. The van der Waals surface area contributed by atoms with E-state index in [0.29, 0.717) is 6.54 Å². The van der Waals surface area contributed by atoms with E-state index in [2.05, 4.69) is 4.90 Å². The van der Waals surface area contributed by atoms with Gasteiger partial charge < -0.3 is 5.11 Å². The fourth-order valence-corrected chi connectivity index (χ4v) is 2.70. The number of likely N-dealkylation sites (tertiary alicyclic amines) is 1. The molecule has 0 bridgehead atoms. The summed E-state index contributed by atoms with van der Waals surface area (Å²) < 4.78 is 0. The molecule has 7 heteroatoms. The Morgan fingerprint density at radius 1 is 1.65 bits per heavy atom. The summed E-state index contributed by atoms with van der Waals surface area (Å²) in [6, 6.07) is 1.58. The summed E-state index contributed by atoms with van der Waals surface area (Å²) in [4.78, 5) is 22.7. The van der Waals surface area contributed by atoms with Crippen molar-refractivity contribution in [3.63, 3.8) is 0 Å². The van der Waals surface area contributed by atoms with E-state index in [0.717, 1.165) is 30.0 Å². The van der Waals surface area contributed by atoms with Crippen molar-refractivity contribution in [2.75, 3.05) is 13.1 Å². The van der Waals surface area contributed by atoms with Crippen molar-refractivity contribution in [2.45, 2.75) is 13.0 Å². The van der Waals surface area contributed by atoms with Crippen LogP contribution in [-0.2, 0) is 11.3 Å². The fourth-order valence-electron chi connectivity index (χ4n) is 1.98. The first-order valence-electron chi connectivity index (χ1n) is 5.20. The van der Waals surface area contributed by atoms with Crippen LogP contribution >= 0.6 is 11.3 Å². The molecule has 0 saturated carbocycles. The van der Waals surface area contributed by atoms with Gasteiger partial charge in [-0.3, -0.25) is 19.8 Å². The molecule has 0 aliphatic carbocycles. The van der Waals surface area contributed by atoms with E-state index < -0.39 is 10.9 Å². The maximum atomic E-state index is 10.5. The van der Waals surface area contributed by atoms with E-state index >= 15 is 0 Å². The van der Waals surface area contributed by atoms with E-state index in [1.807, 2.05) is 0 Å². The number of hydrogen-bond donors (Lipinski definition) is 1. The van der Waals surface area contributed by atoms with E-state index in [-0.39, 0.29) is 17.3 Å². The Morgan fingerprint density at radius 3 is 2.88 bits per heavy atom. The number of aliphatic carboxylic acids is 1. The maximum Gasteiger partial charge on any atom is 0.324 e. The third-order valence-corrected chi connectivity index (χ3v) is 3.65. The van der Waals surface area contributed by atoms with E-state index in [1.54, 1.807) is 11.4 Å². The van der Waals surface area contributed by atoms with Crippen LogP contribution in [0.2, 0.25) is 0 Å². The minimum absolute atomic E-state index is 0.155. The van der Waals surface area contributed by atoms with Gasteiger partial charge in [-0.15, -0.1) is 0 Å². The van der Waals surface area contributed by atoms with Gasteiger partial charge in [0.1, 0.15) is 0 Å². The molecule has 1 N–H and O–H groups in total. The van der Waals surface area contributed by atoms with Gasteiger partial charge in [-0.25, -0.2) is 0 Å². The van der Waals surface area contributed by atoms with Crippen LogP contribution in [0.1, 0.15) is 12.0 Å². The Hall–Kier alpha value is -1.47. The molecular formula is C10H12N2O4S. The first kappa shape index (κ1) is 12.0. The highest BCUT2D eigenvalue weighted by molar-refractivity contribution is 7.13. The summed E-state index contributed by atoms with van der Waals surface area (Å²) in [6.45, 7) is 2.19. The lowest BCUT2D eigenvalue weighted by atomic mass is 9.96. The van der Waals surface area contributed by atoms with Crippen molar-refractivity contribution in [1.82, 2.24) is 4.90 Å². The Morgan fingerprint density at radius 2 is 2.35 bits per heavy atom. The summed E-state index contributed by atoms with van der Waals surface area (Å²) in [6.07, 6.45) is 0.209. The largest absolute Gasteiger partial charge is 0.481 e. The first-order valence-corrected chi connectivity index (χ1v) is 6.08. The predicted octanol–water partition coefficient (Wildman–Crippen LogP) is 1.56. The minimum atomic E-state index is -0.763. The molecule has 1 saturated heterocycles. The number of carbonyl (C=O) groups is 1. The second-order valence-electron chi connectivity index (χ2n) is 4.21. The maximum absolute atomic E-state index is 10.5.